The smallest absolute Gasteiger partial charge is 0.313 e. The summed E-state index contributed by atoms with van der Waals surface area (Å²) in [4.78, 5) is 12.5. The predicted molar refractivity (Wildman–Crippen MR) is 77.5 cm³/mol. The Kier molecular flexibility index (Phi) is 2.81. The van der Waals surface area contributed by atoms with Crippen molar-refractivity contribution >= 4 is 15.8 Å². The Morgan fingerprint density at radius 2 is 1.95 bits per heavy atom. The summed E-state index contributed by atoms with van der Waals surface area (Å²) < 4.78 is 36.0. The van der Waals surface area contributed by atoms with Gasteiger partial charge in [-0.2, -0.15) is 0 Å². The van der Waals surface area contributed by atoms with E-state index in [1.54, 1.807) is 30.3 Å². The molecule has 5 nitrogen and oxygen atoms in total. The fraction of sp³-hybridized carbons (Fsp3) is 0.438. The van der Waals surface area contributed by atoms with E-state index in [2.05, 4.69) is 0 Å². The van der Waals surface area contributed by atoms with Crippen molar-refractivity contribution in [2.45, 2.75) is 22.4 Å². The molecule has 4 rings (SSSR count). The van der Waals surface area contributed by atoms with E-state index in [0.717, 1.165) is 0 Å². The molecule has 6 heteroatoms. The van der Waals surface area contributed by atoms with Crippen LogP contribution in [0.15, 0.2) is 47.4 Å². The number of benzene rings is 1. The lowest BCUT2D eigenvalue weighted by molar-refractivity contribution is -0.162. The summed E-state index contributed by atoms with van der Waals surface area (Å²) in [5, 5.41) is 0. The van der Waals surface area contributed by atoms with Gasteiger partial charge in [-0.15, -0.1) is 0 Å². The second-order valence-corrected chi connectivity index (χ2v) is 8.23. The van der Waals surface area contributed by atoms with Crippen LogP contribution in [0.2, 0.25) is 0 Å². The van der Waals surface area contributed by atoms with Crippen molar-refractivity contribution in [1.82, 2.24) is 0 Å². The Morgan fingerprint density at radius 3 is 2.64 bits per heavy atom. The molecule has 0 amide bonds. The standard InChI is InChI=1S/C16H16O5S/c1-20-15-16(22(18,19)12-5-3-2-4-6-12)11-8-7-10(9-11)13(16)14(17)21-15/h2-8,10-11,13,15H,9H2,1H3/t10-,11+,13+,15-,16-/m0/s1. The SMILES string of the molecule is CO[C@H]1OC(=O)[C@H]2[C@H]3C=C[C@H](C3)[C@@]12S(=O)(=O)c1ccccc1. The molecule has 2 fully saturated rings. The lowest BCUT2D eigenvalue weighted by atomic mass is 9.83. The molecule has 1 aromatic carbocycles. The van der Waals surface area contributed by atoms with Gasteiger partial charge in [0.2, 0.25) is 6.29 Å². The number of carbonyl (C=O) groups excluding carboxylic acids is 1. The maximum Gasteiger partial charge on any atom is 0.313 e. The molecule has 1 aromatic rings. The van der Waals surface area contributed by atoms with E-state index in [1.165, 1.54) is 7.11 Å². The van der Waals surface area contributed by atoms with Gasteiger partial charge in [0.1, 0.15) is 0 Å². The minimum atomic E-state index is -3.78. The van der Waals surface area contributed by atoms with Crippen molar-refractivity contribution < 1.29 is 22.7 Å². The van der Waals surface area contributed by atoms with Crippen LogP contribution < -0.4 is 0 Å². The van der Waals surface area contributed by atoms with Gasteiger partial charge < -0.3 is 9.47 Å². The van der Waals surface area contributed by atoms with Gasteiger partial charge in [-0.25, -0.2) is 8.42 Å². The van der Waals surface area contributed by atoms with Crippen molar-refractivity contribution in [3.63, 3.8) is 0 Å². The van der Waals surface area contributed by atoms with Crippen molar-refractivity contribution in [2.24, 2.45) is 17.8 Å². The summed E-state index contributed by atoms with van der Waals surface area (Å²) >= 11 is 0. The van der Waals surface area contributed by atoms with Crippen molar-refractivity contribution in [3.05, 3.63) is 42.5 Å². The molecular weight excluding hydrogens is 304 g/mol. The van der Waals surface area contributed by atoms with E-state index in [9.17, 15) is 13.2 Å². The molecule has 0 spiro atoms. The van der Waals surface area contributed by atoms with E-state index in [4.69, 9.17) is 9.47 Å². The molecule has 1 saturated heterocycles. The summed E-state index contributed by atoms with van der Waals surface area (Å²) in [6.07, 6.45) is 3.43. The lowest BCUT2D eigenvalue weighted by Gasteiger charge is -2.36. The van der Waals surface area contributed by atoms with Gasteiger partial charge in [0.25, 0.3) is 0 Å². The highest BCUT2D eigenvalue weighted by Gasteiger charge is 2.75. The second kappa shape index (κ2) is 4.43. The van der Waals surface area contributed by atoms with Gasteiger partial charge in [0.05, 0.1) is 10.8 Å². The molecule has 22 heavy (non-hydrogen) atoms. The van der Waals surface area contributed by atoms with Crippen LogP contribution in [0.4, 0.5) is 0 Å². The van der Waals surface area contributed by atoms with Gasteiger partial charge in [-0.1, -0.05) is 30.4 Å². The number of ether oxygens (including phenoxy) is 2. The van der Waals surface area contributed by atoms with Crippen LogP contribution in [0.5, 0.6) is 0 Å². The summed E-state index contributed by atoms with van der Waals surface area (Å²) in [7, 11) is -2.40. The molecule has 1 heterocycles. The zero-order valence-electron chi connectivity index (χ0n) is 12.0. The number of esters is 1. The van der Waals surface area contributed by atoms with Crippen LogP contribution in [-0.2, 0) is 24.1 Å². The van der Waals surface area contributed by atoms with Crippen molar-refractivity contribution in [2.75, 3.05) is 7.11 Å². The number of allylic oxidation sites excluding steroid dienone is 2. The molecule has 0 radical (unpaired) electrons. The van der Waals surface area contributed by atoms with Crippen LogP contribution >= 0.6 is 0 Å². The highest BCUT2D eigenvalue weighted by molar-refractivity contribution is 7.93. The van der Waals surface area contributed by atoms with E-state index in [-0.39, 0.29) is 16.7 Å². The number of fused-ring (bicyclic) bond motifs is 5. The number of carbonyl (C=O) groups is 1. The van der Waals surface area contributed by atoms with E-state index in [0.29, 0.717) is 6.42 Å². The first-order valence-electron chi connectivity index (χ1n) is 7.24. The second-order valence-electron chi connectivity index (χ2n) is 6.04. The van der Waals surface area contributed by atoms with Gasteiger partial charge in [0, 0.05) is 13.0 Å². The summed E-state index contributed by atoms with van der Waals surface area (Å²) in [6.45, 7) is 0. The van der Waals surface area contributed by atoms with Crippen LogP contribution in [-0.4, -0.2) is 32.5 Å². The van der Waals surface area contributed by atoms with Gasteiger partial charge in [-0.05, 0) is 24.5 Å². The number of hydrogen-bond acceptors (Lipinski definition) is 5. The van der Waals surface area contributed by atoms with E-state index >= 15 is 0 Å². The zero-order chi connectivity index (χ0) is 15.5. The Labute approximate surface area is 128 Å². The number of rotatable bonds is 3. The molecular formula is C16H16O5S. The topological polar surface area (TPSA) is 69.7 Å². The maximum atomic E-state index is 13.4. The number of sulfone groups is 1. The fourth-order valence-corrected chi connectivity index (χ4v) is 6.85. The number of hydrogen-bond donors (Lipinski definition) is 0. The largest absolute Gasteiger partial charge is 0.434 e. The average molecular weight is 320 g/mol. The van der Waals surface area contributed by atoms with Gasteiger partial charge in [0.15, 0.2) is 14.6 Å². The fourth-order valence-electron chi connectivity index (χ4n) is 4.35. The van der Waals surface area contributed by atoms with E-state index in [1.807, 2.05) is 12.2 Å². The molecule has 0 unspecified atom stereocenters. The Hall–Kier alpha value is -1.66. The molecule has 116 valence electrons. The zero-order valence-corrected chi connectivity index (χ0v) is 12.8. The Bertz CT molecular complexity index is 754. The van der Waals surface area contributed by atoms with E-state index < -0.39 is 32.8 Å². The minimum absolute atomic E-state index is 0.0869. The molecule has 0 N–H and O–H groups in total. The molecule has 3 aliphatic rings. The van der Waals surface area contributed by atoms with Crippen LogP contribution in [0, 0.1) is 17.8 Å². The van der Waals surface area contributed by atoms with Crippen molar-refractivity contribution in [3.8, 4) is 0 Å². The normalized spacial score (nSPS) is 39.0. The third-order valence-electron chi connectivity index (χ3n) is 5.19. The summed E-state index contributed by atoms with van der Waals surface area (Å²) in [6, 6.07) is 8.25. The van der Waals surface area contributed by atoms with Crippen LogP contribution in [0.25, 0.3) is 0 Å². The highest BCUT2D eigenvalue weighted by Crippen LogP contribution is 2.61. The quantitative estimate of drug-likeness (QED) is 0.624. The van der Waals surface area contributed by atoms with Crippen LogP contribution in [0.3, 0.4) is 0 Å². The summed E-state index contributed by atoms with van der Waals surface area (Å²) in [5.74, 6) is -1.50. The minimum Gasteiger partial charge on any atom is -0.434 e. The van der Waals surface area contributed by atoms with Crippen LogP contribution in [0.1, 0.15) is 6.42 Å². The number of cyclic esters (lactones) is 1. The monoisotopic (exact) mass is 320 g/mol. The molecule has 1 aliphatic heterocycles. The number of methoxy groups -OCH3 is 1. The Balaban J connectivity index is 1.97. The first-order chi connectivity index (χ1) is 10.5. The molecule has 2 aliphatic carbocycles. The third kappa shape index (κ3) is 1.42. The lowest BCUT2D eigenvalue weighted by Crippen LogP contribution is -2.54. The third-order valence-corrected chi connectivity index (χ3v) is 7.76. The molecule has 2 bridgehead atoms. The van der Waals surface area contributed by atoms with Crippen molar-refractivity contribution in [1.29, 1.82) is 0 Å². The van der Waals surface area contributed by atoms with Gasteiger partial charge >= 0.3 is 5.97 Å². The molecule has 1 saturated carbocycles. The first-order valence-corrected chi connectivity index (χ1v) is 8.73. The summed E-state index contributed by atoms with van der Waals surface area (Å²) in [5.41, 5.74) is 0. The highest BCUT2D eigenvalue weighted by atomic mass is 32.2. The maximum absolute atomic E-state index is 13.4. The molecule has 0 aromatic heterocycles. The Morgan fingerprint density at radius 1 is 1.23 bits per heavy atom. The predicted octanol–water partition coefficient (Wildman–Crippen LogP) is 1.55. The van der Waals surface area contributed by atoms with Gasteiger partial charge in [-0.3, -0.25) is 4.79 Å². The average Bonchev–Trinajstić information content (AvgIpc) is 3.19. The molecule has 5 atom stereocenters. The first kappa shape index (κ1) is 14.0.